The first-order valence-corrected chi connectivity index (χ1v) is 6.33. The first-order chi connectivity index (χ1) is 8.19. The number of thioether (sulfide) groups is 1. The van der Waals surface area contributed by atoms with Crippen molar-refractivity contribution in [3.05, 3.63) is 29.2 Å². The summed E-state index contributed by atoms with van der Waals surface area (Å²) >= 11 is 1.40. The second-order valence-electron chi connectivity index (χ2n) is 3.38. The normalized spacial score (nSPS) is 11.8. The number of nitriles is 1. The third kappa shape index (κ3) is 3.96. The largest absolute Gasteiger partial charge is 0.282 e. The zero-order chi connectivity index (χ0) is 12.7. The number of amidine groups is 1. The lowest BCUT2D eigenvalue weighted by molar-refractivity contribution is 1.02. The molecule has 0 amide bonds. The van der Waals surface area contributed by atoms with Crippen LogP contribution < -0.4 is 5.32 Å². The predicted molar refractivity (Wildman–Crippen MR) is 70.6 cm³/mol. The zero-order valence-electron chi connectivity index (χ0n) is 10.1. The molecule has 0 radical (unpaired) electrons. The summed E-state index contributed by atoms with van der Waals surface area (Å²) in [5.41, 5.74) is 3.28. The molecule has 0 aliphatic heterocycles. The molecule has 6 heteroatoms. The first kappa shape index (κ1) is 13.3. The van der Waals surface area contributed by atoms with Gasteiger partial charge >= 0.3 is 0 Å². The van der Waals surface area contributed by atoms with Crippen molar-refractivity contribution in [1.82, 2.24) is 15.5 Å². The van der Waals surface area contributed by atoms with Crippen molar-refractivity contribution in [2.75, 3.05) is 6.26 Å². The third-order valence-corrected chi connectivity index (χ3v) is 2.85. The molecule has 1 aromatic heterocycles. The molecule has 0 fully saturated rings. The van der Waals surface area contributed by atoms with Crippen molar-refractivity contribution in [3.8, 4) is 6.19 Å². The van der Waals surface area contributed by atoms with E-state index in [0.29, 0.717) is 5.17 Å². The number of allylic oxidation sites excluding steroid dienone is 1. The Bertz CT molecular complexity index is 447. The maximum atomic E-state index is 8.46. The van der Waals surface area contributed by atoms with Gasteiger partial charge in [-0.1, -0.05) is 17.8 Å². The highest BCUT2D eigenvalue weighted by Gasteiger charge is 2.02. The third-order valence-electron chi connectivity index (χ3n) is 2.26. The minimum atomic E-state index is 0.587. The summed E-state index contributed by atoms with van der Waals surface area (Å²) in [6, 6.07) is 0. The summed E-state index contributed by atoms with van der Waals surface area (Å²) in [5.74, 6) is 0. The van der Waals surface area contributed by atoms with E-state index in [0.717, 1.165) is 17.8 Å². The fourth-order valence-electron chi connectivity index (χ4n) is 1.35. The minimum Gasteiger partial charge on any atom is -0.282 e. The van der Waals surface area contributed by atoms with Gasteiger partial charge in [-0.15, -0.1) is 0 Å². The van der Waals surface area contributed by atoms with E-state index in [1.165, 1.54) is 17.3 Å². The van der Waals surface area contributed by atoms with Crippen molar-refractivity contribution in [3.63, 3.8) is 0 Å². The molecule has 0 bridgehead atoms. The van der Waals surface area contributed by atoms with E-state index < -0.39 is 0 Å². The van der Waals surface area contributed by atoms with Gasteiger partial charge in [-0.25, -0.2) is 4.99 Å². The number of rotatable bonds is 3. The molecule has 17 heavy (non-hydrogen) atoms. The molecule has 90 valence electrons. The molecule has 5 nitrogen and oxygen atoms in total. The van der Waals surface area contributed by atoms with Crippen LogP contribution in [0.5, 0.6) is 0 Å². The topological polar surface area (TPSA) is 76.9 Å². The Labute approximate surface area is 105 Å². The van der Waals surface area contributed by atoms with Gasteiger partial charge in [-0.3, -0.25) is 10.4 Å². The van der Waals surface area contributed by atoms with Gasteiger partial charge in [0.05, 0.1) is 5.69 Å². The lowest BCUT2D eigenvalue weighted by atomic mass is 10.1. The summed E-state index contributed by atoms with van der Waals surface area (Å²) in [7, 11) is 0. The monoisotopic (exact) mass is 249 g/mol. The molecule has 0 saturated heterocycles. The number of hydrogen-bond acceptors (Lipinski definition) is 4. The van der Waals surface area contributed by atoms with E-state index in [1.807, 2.05) is 32.4 Å². The minimum absolute atomic E-state index is 0.587. The van der Waals surface area contributed by atoms with Gasteiger partial charge in [0.25, 0.3) is 0 Å². The number of nitrogens with one attached hydrogen (secondary N) is 2. The Balaban J connectivity index is 2.59. The Morgan fingerprint density at radius 2 is 2.41 bits per heavy atom. The second kappa shape index (κ2) is 6.76. The van der Waals surface area contributed by atoms with Gasteiger partial charge in [0.1, 0.15) is 0 Å². The lowest BCUT2D eigenvalue weighted by Crippen LogP contribution is -2.12. The fourth-order valence-corrected chi connectivity index (χ4v) is 1.66. The van der Waals surface area contributed by atoms with E-state index in [1.54, 1.807) is 6.20 Å². The van der Waals surface area contributed by atoms with E-state index in [-0.39, 0.29) is 0 Å². The average Bonchev–Trinajstić information content (AvgIpc) is 2.64. The Morgan fingerprint density at radius 1 is 1.65 bits per heavy atom. The van der Waals surface area contributed by atoms with Crippen LogP contribution in [0.1, 0.15) is 17.0 Å². The molecular formula is C11H15N5S. The standard InChI is InChI=1S/C11H15N5S/c1-8-10(9(2)16-15-8)5-4-6-13-11(17-3)14-7-12/h4,6H,5H2,1-3H3,(H,13,14)(H,15,16). The molecule has 0 aliphatic carbocycles. The van der Waals surface area contributed by atoms with Gasteiger partial charge < -0.3 is 0 Å². The lowest BCUT2D eigenvalue weighted by Gasteiger charge is -1.96. The van der Waals surface area contributed by atoms with Crippen molar-refractivity contribution < 1.29 is 0 Å². The molecule has 0 unspecified atom stereocenters. The Hall–Kier alpha value is -1.74. The molecule has 0 aliphatic rings. The van der Waals surface area contributed by atoms with Gasteiger partial charge in [0.2, 0.25) is 0 Å². The Kier molecular flexibility index (Phi) is 5.30. The van der Waals surface area contributed by atoms with Crippen LogP contribution in [0, 0.1) is 25.3 Å². The number of aliphatic imine (C=N–C) groups is 1. The summed E-state index contributed by atoms with van der Waals surface area (Å²) < 4.78 is 0. The smallest absolute Gasteiger partial charge is 0.183 e. The number of nitrogens with zero attached hydrogens (tertiary/aromatic N) is 3. The van der Waals surface area contributed by atoms with E-state index in [9.17, 15) is 0 Å². The molecular weight excluding hydrogens is 234 g/mol. The summed E-state index contributed by atoms with van der Waals surface area (Å²) in [6.45, 7) is 3.97. The van der Waals surface area contributed by atoms with Crippen LogP contribution >= 0.6 is 11.8 Å². The number of aryl methyl sites for hydroxylation is 2. The summed E-state index contributed by atoms with van der Waals surface area (Å²) in [6.07, 6.45) is 8.13. The SMILES string of the molecule is CSC(=NC=CCc1c(C)n[nH]c1C)NC#N. The molecule has 0 atom stereocenters. The van der Waals surface area contributed by atoms with Gasteiger partial charge in [0, 0.05) is 11.9 Å². The van der Waals surface area contributed by atoms with Crippen molar-refractivity contribution in [2.24, 2.45) is 4.99 Å². The quantitative estimate of drug-likeness (QED) is 0.371. The first-order valence-electron chi connectivity index (χ1n) is 5.11. The highest BCUT2D eigenvalue weighted by molar-refractivity contribution is 8.13. The molecule has 1 rings (SSSR count). The van der Waals surface area contributed by atoms with E-state index >= 15 is 0 Å². The van der Waals surface area contributed by atoms with Crippen molar-refractivity contribution >= 4 is 16.9 Å². The average molecular weight is 249 g/mol. The summed E-state index contributed by atoms with van der Waals surface area (Å²) in [5, 5.41) is 18.6. The van der Waals surface area contributed by atoms with Gasteiger partial charge in [0.15, 0.2) is 11.4 Å². The van der Waals surface area contributed by atoms with Gasteiger partial charge in [-0.2, -0.15) is 10.4 Å². The number of hydrogen-bond donors (Lipinski definition) is 2. The maximum absolute atomic E-state index is 8.46. The van der Waals surface area contributed by atoms with Crippen LogP contribution in [0.4, 0.5) is 0 Å². The predicted octanol–water partition coefficient (Wildman–Crippen LogP) is 1.87. The highest BCUT2D eigenvalue weighted by Crippen LogP contribution is 2.10. The maximum Gasteiger partial charge on any atom is 0.183 e. The molecule has 0 spiro atoms. The number of aromatic nitrogens is 2. The van der Waals surface area contributed by atoms with Crippen LogP contribution in [-0.4, -0.2) is 21.6 Å². The van der Waals surface area contributed by atoms with Crippen LogP contribution in [-0.2, 0) is 6.42 Å². The van der Waals surface area contributed by atoms with Crippen molar-refractivity contribution in [2.45, 2.75) is 20.3 Å². The molecule has 0 saturated carbocycles. The second-order valence-corrected chi connectivity index (χ2v) is 4.17. The highest BCUT2D eigenvalue weighted by atomic mass is 32.2. The van der Waals surface area contributed by atoms with Crippen LogP contribution in [0.15, 0.2) is 17.3 Å². The zero-order valence-corrected chi connectivity index (χ0v) is 10.9. The van der Waals surface area contributed by atoms with E-state index in [4.69, 9.17) is 5.26 Å². The van der Waals surface area contributed by atoms with Gasteiger partial charge in [-0.05, 0) is 32.1 Å². The fraction of sp³-hybridized carbons (Fsp3) is 0.364. The molecule has 0 aromatic carbocycles. The van der Waals surface area contributed by atoms with Crippen LogP contribution in [0.3, 0.4) is 0 Å². The Morgan fingerprint density at radius 3 is 2.94 bits per heavy atom. The number of H-pyrrole nitrogens is 1. The van der Waals surface area contributed by atoms with Crippen LogP contribution in [0.25, 0.3) is 0 Å². The molecule has 2 N–H and O–H groups in total. The molecule has 1 aromatic rings. The van der Waals surface area contributed by atoms with Crippen molar-refractivity contribution in [1.29, 1.82) is 5.26 Å². The summed E-state index contributed by atoms with van der Waals surface area (Å²) in [4.78, 5) is 4.13. The van der Waals surface area contributed by atoms with E-state index in [2.05, 4.69) is 20.5 Å². The molecule has 1 heterocycles. The van der Waals surface area contributed by atoms with Crippen LogP contribution in [0.2, 0.25) is 0 Å². The number of aromatic amines is 1.